The first-order chi connectivity index (χ1) is 6.16. The van der Waals surface area contributed by atoms with E-state index in [1.165, 1.54) is 19.8 Å². The van der Waals surface area contributed by atoms with Crippen LogP contribution in [0, 0.1) is 0 Å². The van der Waals surface area contributed by atoms with Gasteiger partial charge in [0.05, 0.1) is 0 Å². The predicted molar refractivity (Wildman–Crippen MR) is 53.5 cm³/mol. The van der Waals surface area contributed by atoms with Gasteiger partial charge in [0.2, 0.25) is 0 Å². The minimum Gasteiger partial charge on any atom is -1.00 e. The van der Waals surface area contributed by atoms with Gasteiger partial charge in [-0.05, 0) is 6.42 Å². The van der Waals surface area contributed by atoms with Gasteiger partial charge in [0.15, 0.2) is 0 Å². The summed E-state index contributed by atoms with van der Waals surface area (Å²) in [6, 6.07) is 0. The normalized spacial score (nSPS) is 7.00. The van der Waals surface area contributed by atoms with Crippen molar-refractivity contribution < 1.29 is 106 Å². The molecule has 0 bridgehead atoms. The van der Waals surface area contributed by atoms with Crippen LogP contribution in [0.5, 0.6) is 0 Å². The zero-order chi connectivity index (χ0) is 10.1. The third kappa shape index (κ3) is 30.7. The average Bonchev–Trinajstić information content (AvgIpc) is 2.02. The van der Waals surface area contributed by atoms with Crippen LogP contribution in [0.2, 0.25) is 0 Å². The van der Waals surface area contributed by atoms with Gasteiger partial charge in [-0.15, -0.1) is 0 Å². The summed E-state index contributed by atoms with van der Waals surface area (Å²) in [5.74, 6) is -0.914. The van der Waals surface area contributed by atoms with Crippen LogP contribution < -0.4 is 87.8 Å². The molecule has 0 fully saturated rings. The molecule has 90 valence electrons. The van der Waals surface area contributed by atoms with Crippen molar-refractivity contribution in [2.24, 2.45) is 0 Å². The summed E-state index contributed by atoms with van der Waals surface area (Å²) in [5, 5.41) is 0. The minimum atomic E-state index is -0.515. The van der Waals surface area contributed by atoms with Gasteiger partial charge in [0.25, 0.3) is 0 Å². The molecule has 18 heavy (non-hydrogen) atoms. The fourth-order valence-corrected chi connectivity index (χ4v) is 1.08. The summed E-state index contributed by atoms with van der Waals surface area (Å²) >= 11 is 0. The van der Waals surface area contributed by atoms with Crippen LogP contribution in [0.3, 0.4) is 0 Å². The number of hydrogen-bond acceptors (Lipinski definition) is 3. The Hall–Kier alpha value is 1.82. The zero-order valence-corrected chi connectivity index (χ0v) is 13.6. The molecule has 0 aromatic heterocycles. The Morgan fingerprint density at radius 1 is 0.944 bits per heavy atom. The van der Waals surface area contributed by atoms with Crippen molar-refractivity contribution in [2.45, 2.75) is 52.4 Å². The van der Waals surface area contributed by atoms with Crippen LogP contribution >= 0.6 is 0 Å². The van der Waals surface area contributed by atoms with E-state index in [1.807, 2.05) is 0 Å². The van der Waals surface area contributed by atoms with Crippen LogP contribution in [0.1, 0.15) is 56.7 Å². The number of unbranched alkanes of at least 4 members (excludes halogenated alkanes) is 4. The Morgan fingerprint density at radius 2 is 1.39 bits per heavy atom. The van der Waals surface area contributed by atoms with Crippen molar-refractivity contribution in [3.8, 4) is 0 Å². The third-order valence-corrected chi connectivity index (χ3v) is 1.74. The van der Waals surface area contributed by atoms with E-state index >= 15 is 0 Å². The molecule has 0 spiro atoms. The minimum absolute atomic E-state index is 0. The average molecular weight is 252 g/mol. The van der Waals surface area contributed by atoms with Crippen LogP contribution in [-0.4, -0.2) is 11.9 Å². The van der Waals surface area contributed by atoms with Crippen molar-refractivity contribution in [3.05, 3.63) is 0 Å². The Bertz CT molecular complexity index is 195. The van der Waals surface area contributed by atoms with Gasteiger partial charge < -0.3 is 21.4 Å². The number of hydrogen-bond donors (Lipinski definition) is 0. The van der Waals surface area contributed by atoms with Crippen molar-refractivity contribution in [2.75, 3.05) is 0 Å². The molecule has 0 rings (SSSR count). The van der Waals surface area contributed by atoms with Crippen molar-refractivity contribution in [1.29, 1.82) is 0 Å². The van der Waals surface area contributed by atoms with E-state index in [9.17, 15) is 9.59 Å². The van der Waals surface area contributed by atoms with Gasteiger partial charge >= 0.3 is 87.4 Å². The first-order valence-electron chi connectivity index (χ1n) is 4.88. The Morgan fingerprint density at radius 3 is 1.78 bits per heavy atom. The van der Waals surface area contributed by atoms with E-state index in [-0.39, 0.29) is 92.1 Å². The molecule has 0 N–H and O–H groups in total. The van der Waals surface area contributed by atoms with Gasteiger partial charge in [-0.25, -0.2) is 0 Å². The summed E-state index contributed by atoms with van der Waals surface area (Å²) in [7, 11) is 0. The number of rotatable bonds is 6. The summed E-state index contributed by atoms with van der Waals surface area (Å²) in [5.41, 5.74) is 0. The molecule has 0 aliphatic carbocycles. The second-order valence-corrected chi connectivity index (χ2v) is 3.13. The molecule has 0 radical (unpaired) electrons. The van der Waals surface area contributed by atoms with Crippen LogP contribution in [0.15, 0.2) is 0 Å². The van der Waals surface area contributed by atoms with E-state index in [4.69, 9.17) is 0 Å². The molecular weight excluding hydrogens is 231 g/mol. The molecule has 0 aliphatic rings. The summed E-state index contributed by atoms with van der Waals surface area (Å²) in [6.07, 6.45) is 5.79. The SMILES string of the molecule is CCCCCCCC(=O)OC(C)=O.[Cl-].[H-].[H-].[H-].[Li+].[Li+].[Li+].[Li+]. The molecule has 0 saturated carbocycles. The monoisotopic (exact) mass is 252 g/mol. The standard InChI is InChI=1S/C10H18O3.ClH.4Li.3H/c1-3-4-5-6-7-8-10(12)13-9(2)11;;;;;;;;/h3-8H2,1-2H3;1H;;;;;;;/q;;4*+1;3*-1/p-1. The number of esters is 2. The largest absolute Gasteiger partial charge is 1.00 e. The summed E-state index contributed by atoms with van der Waals surface area (Å²) < 4.78 is 4.38. The van der Waals surface area contributed by atoms with Gasteiger partial charge in [0.1, 0.15) is 0 Å². The maximum atomic E-state index is 10.8. The van der Waals surface area contributed by atoms with Gasteiger partial charge in [-0.1, -0.05) is 32.6 Å². The number of carbonyl (C=O) groups excluding carboxylic acids is 2. The van der Waals surface area contributed by atoms with E-state index in [2.05, 4.69) is 11.7 Å². The first kappa shape index (κ1) is 36.8. The first-order valence-corrected chi connectivity index (χ1v) is 4.88. The Kier molecular flexibility index (Phi) is 55.6. The van der Waals surface area contributed by atoms with Crippen LogP contribution in [0.4, 0.5) is 0 Å². The Labute approximate surface area is 169 Å². The number of carbonyl (C=O) groups is 2. The van der Waals surface area contributed by atoms with Gasteiger partial charge in [-0.3, -0.25) is 9.59 Å². The summed E-state index contributed by atoms with van der Waals surface area (Å²) in [6.45, 7) is 3.39. The fraction of sp³-hybridized carbons (Fsp3) is 0.800. The fourth-order valence-electron chi connectivity index (χ4n) is 1.08. The van der Waals surface area contributed by atoms with Crippen LogP contribution in [-0.2, 0) is 14.3 Å². The molecule has 0 aliphatic heterocycles. The summed E-state index contributed by atoms with van der Waals surface area (Å²) in [4.78, 5) is 21.2. The van der Waals surface area contributed by atoms with Gasteiger partial charge in [0, 0.05) is 13.3 Å². The van der Waals surface area contributed by atoms with E-state index in [0.717, 1.165) is 19.3 Å². The molecule has 0 aromatic rings. The van der Waals surface area contributed by atoms with Crippen molar-refractivity contribution in [1.82, 2.24) is 0 Å². The molecule has 0 aromatic carbocycles. The second-order valence-electron chi connectivity index (χ2n) is 3.13. The van der Waals surface area contributed by atoms with E-state index in [1.54, 1.807) is 0 Å². The molecule has 0 unspecified atom stereocenters. The second kappa shape index (κ2) is 27.2. The Balaban J connectivity index is -0.0000000257. The maximum Gasteiger partial charge on any atom is 1.00 e. The maximum absolute atomic E-state index is 10.8. The van der Waals surface area contributed by atoms with Gasteiger partial charge in [-0.2, -0.15) is 0 Å². The quantitative estimate of drug-likeness (QED) is 0.204. The molecule has 3 nitrogen and oxygen atoms in total. The topological polar surface area (TPSA) is 43.4 Å². The number of halogens is 1. The van der Waals surface area contributed by atoms with E-state index in [0.29, 0.717) is 6.42 Å². The van der Waals surface area contributed by atoms with Crippen molar-refractivity contribution >= 4 is 11.9 Å². The predicted octanol–water partition coefficient (Wildman–Crippen LogP) is -12.2. The van der Waals surface area contributed by atoms with E-state index < -0.39 is 11.9 Å². The molecule has 0 saturated heterocycles. The molecular formula is C10H21ClLi4O3. The number of ether oxygens (including phenoxy) is 1. The zero-order valence-electron chi connectivity index (χ0n) is 15.8. The molecule has 0 amide bonds. The van der Waals surface area contributed by atoms with Crippen molar-refractivity contribution in [3.63, 3.8) is 0 Å². The van der Waals surface area contributed by atoms with Crippen LogP contribution in [0.25, 0.3) is 0 Å². The third-order valence-electron chi connectivity index (χ3n) is 1.74. The smallest absolute Gasteiger partial charge is 1.00 e. The molecule has 0 atom stereocenters. The molecule has 0 heterocycles. The molecule has 8 heteroatoms.